The Balaban J connectivity index is 1.66. The minimum absolute atomic E-state index is 0.441. The molecule has 0 amide bonds. The highest BCUT2D eigenvalue weighted by atomic mass is 16.5. The third kappa shape index (κ3) is 2.59. The van der Waals surface area contributed by atoms with Crippen molar-refractivity contribution in [3.8, 4) is 0 Å². The summed E-state index contributed by atoms with van der Waals surface area (Å²) in [6, 6.07) is 2.33. The molecule has 3 aliphatic heterocycles. The average molecular weight is 252 g/mol. The molecule has 3 rings (SSSR count). The summed E-state index contributed by atoms with van der Waals surface area (Å²) < 4.78 is 5.89. The van der Waals surface area contributed by atoms with Crippen LogP contribution in [0.25, 0.3) is 0 Å². The number of hydrogen-bond acceptors (Lipinski definition) is 3. The van der Waals surface area contributed by atoms with Crippen molar-refractivity contribution in [2.75, 3.05) is 13.1 Å². The zero-order chi connectivity index (χ0) is 12.5. The fourth-order valence-electron chi connectivity index (χ4n) is 4.38. The number of hydrogen-bond donors (Lipinski definition) is 1. The van der Waals surface area contributed by atoms with Gasteiger partial charge in [-0.05, 0) is 65.5 Å². The Labute approximate surface area is 111 Å². The summed E-state index contributed by atoms with van der Waals surface area (Å²) in [5.74, 6) is 0. The van der Waals surface area contributed by atoms with Gasteiger partial charge >= 0.3 is 0 Å². The van der Waals surface area contributed by atoms with Crippen LogP contribution in [-0.2, 0) is 4.74 Å². The molecule has 4 unspecified atom stereocenters. The van der Waals surface area contributed by atoms with Crippen molar-refractivity contribution in [1.29, 1.82) is 0 Å². The SMILES string of the molecule is CC1CC(N2CCCC2C2CCCN2)CC(C)O1. The lowest BCUT2D eigenvalue weighted by Gasteiger charge is -2.41. The van der Waals surface area contributed by atoms with Crippen molar-refractivity contribution in [2.24, 2.45) is 0 Å². The van der Waals surface area contributed by atoms with E-state index in [0.717, 1.165) is 18.1 Å². The van der Waals surface area contributed by atoms with Crippen LogP contribution in [0.2, 0.25) is 0 Å². The number of likely N-dealkylation sites (tertiary alicyclic amines) is 1. The van der Waals surface area contributed by atoms with Gasteiger partial charge in [0.1, 0.15) is 0 Å². The number of rotatable bonds is 2. The fourth-order valence-corrected chi connectivity index (χ4v) is 4.38. The Morgan fingerprint density at radius 1 is 1.06 bits per heavy atom. The maximum atomic E-state index is 5.89. The Morgan fingerprint density at radius 2 is 1.83 bits per heavy atom. The van der Waals surface area contributed by atoms with E-state index in [1.807, 2.05) is 0 Å². The largest absolute Gasteiger partial charge is 0.375 e. The van der Waals surface area contributed by atoms with Gasteiger partial charge in [-0.25, -0.2) is 0 Å². The Hall–Kier alpha value is -0.120. The Morgan fingerprint density at radius 3 is 2.50 bits per heavy atom. The van der Waals surface area contributed by atoms with Crippen molar-refractivity contribution in [3.63, 3.8) is 0 Å². The summed E-state index contributed by atoms with van der Waals surface area (Å²) in [7, 11) is 0. The minimum atomic E-state index is 0.441. The first-order valence-electron chi connectivity index (χ1n) is 7.88. The quantitative estimate of drug-likeness (QED) is 0.815. The summed E-state index contributed by atoms with van der Waals surface area (Å²) in [4.78, 5) is 2.82. The first-order chi connectivity index (χ1) is 8.74. The second kappa shape index (κ2) is 5.48. The van der Waals surface area contributed by atoms with Crippen molar-refractivity contribution in [2.45, 2.75) is 82.7 Å². The van der Waals surface area contributed by atoms with E-state index in [-0.39, 0.29) is 0 Å². The van der Waals surface area contributed by atoms with Crippen LogP contribution in [0.3, 0.4) is 0 Å². The lowest BCUT2D eigenvalue weighted by atomic mass is 9.95. The molecule has 3 heterocycles. The van der Waals surface area contributed by atoms with Gasteiger partial charge in [-0.15, -0.1) is 0 Å². The van der Waals surface area contributed by atoms with Crippen LogP contribution >= 0.6 is 0 Å². The summed E-state index contributed by atoms with van der Waals surface area (Å²) in [5, 5.41) is 3.72. The second-order valence-corrected chi connectivity index (χ2v) is 6.53. The topological polar surface area (TPSA) is 24.5 Å². The Bertz CT molecular complexity index is 268. The van der Waals surface area contributed by atoms with E-state index in [1.165, 1.54) is 51.6 Å². The van der Waals surface area contributed by atoms with Crippen molar-refractivity contribution < 1.29 is 4.74 Å². The third-order valence-corrected chi connectivity index (χ3v) is 5.05. The van der Waals surface area contributed by atoms with Gasteiger partial charge in [0.2, 0.25) is 0 Å². The number of nitrogens with one attached hydrogen (secondary N) is 1. The van der Waals surface area contributed by atoms with Gasteiger partial charge in [-0.3, -0.25) is 4.90 Å². The van der Waals surface area contributed by atoms with E-state index in [9.17, 15) is 0 Å². The summed E-state index contributed by atoms with van der Waals surface area (Å²) in [6.07, 6.45) is 8.89. The lowest BCUT2D eigenvalue weighted by molar-refractivity contribution is -0.0688. The van der Waals surface area contributed by atoms with Gasteiger partial charge in [0.05, 0.1) is 12.2 Å². The van der Waals surface area contributed by atoms with Crippen LogP contribution in [0.1, 0.15) is 52.4 Å². The highest BCUT2D eigenvalue weighted by Gasteiger charge is 2.39. The molecule has 18 heavy (non-hydrogen) atoms. The standard InChI is InChI=1S/C15H28N2O/c1-11-9-13(10-12(2)18-11)17-8-4-6-15(17)14-5-3-7-16-14/h11-16H,3-10H2,1-2H3. The van der Waals surface area contributed by atoms with Gasteiger partial charge in [0.25, 0.3) is 0 Å². The first-order valence-corrected chi connectivity index (χ1v) is 7.88. The van der Waals surface area contributed by atoms with Crippen molar-refractivity contribution in [3.05, 3.63) is 0 Å². The molecular formula is C15H28N2O. The smallest absolute Gasteiger partial charge is 0.0565 e. The van der Waals surface area contributed by atoms with Gasteiger partial charge in [0, 0.05) is 18.1 Å². The predicted octanol–water partition coefficient (Wildman–Crippen LogP) is 2.16. The van der Waals surface area contributed by atoms with Crippen LogP contribution < -0.4 is 5.32 Å². The molecule has 3 aliphatic rings. The van der Waals surface area contributed by atoms with E-state index in [4.69, 9.17) is 4.74 Å². The molecule has 3 saturated heterocycles. The average Bonchev–Trinajstić information content (AvgIpc) is 2.98. The van der Waals surface area contributed by atoms with Crippen molar-refractivity contribution >= 4 is 0 Å². The molecule has 4 atom stereocenters. The summed E-state index contributed by atoms with van der Waals surface area (Å²) in [5.41, 5.74) is 0. The zero-order valence-electron chi connectivity index (χ0n) is 11.9. The zero-order valence-corrected chi connectivity index (χ0v) is 11.9. The molecule has 0 radical (unpaired) electrons. The molecule has 1 N–H and O–H groups in total. The molecule has 0 spiro atoms. The molecule has 3 fully saturated rings. The number of nitrogens with zero attached hydrogens (tertiary/aromatic N) is 1. The maximum absolute atomic E-state index is 5.89. The van der Waals surface area contributed by atoms with Gasteiger partial charge in [0.15, 0.2) is 0 Å². The summed E-state index contributed by atoms with van der Waals surface area (Å²) in [6.45, 7) is 7.02. The molecule has 104 valence electrons. The van der Waals surface area contributed by atoms with Crippen LogP contribution in [0.15, 0.2) is 0 Å². The molecule has 0 aromatic carbocycles. The molecular weight excluding hydrogens is 224 g/mol. The Kier molecular flexibility index (Phi) is 3.92. The van der Waals surface area contributed by atoms with Crippen LogP contribution in [-0.4, -0.2) is 48.3 Å². The normalized spacial score (nSPS) is 46.7. The van der Waals surface area contributed by atoms with Crippen LogP contribution in [0.5, 0.6) is 0 Å². The lowest BCUT2D eigenvalue weighted by Crippen LogP contribution is -2.51. The monoisotopic (exact) mass is 252 g/mol. The first kappa shape index (κ1) is 12.9. The molecule has 0 aliphatic carbocycles. The molecule has 0 bridgehead atoms. The molecule has 3 heteroatoms. The van der Waals surface area contributed by atoms with E-state index >= 15 is 0 Å². The maximum Gasteiger partial charge on any atom is 0.0565 e. The van der Waals surface area contributed by atoms with Crippen molar-refractivity contribution in [1.82, 2.24) is 10.2 Å². The number of ether oxygens (including phenoxy) is 1. The fraction of sp³-hybridized carbons (Fsp3) is 1.00. The van der Waals surface area contributed by atoms with Crippen LogP contribution in [0, 0.1) is 0 Å². The molecule has 0 aromatic rings. The molecule has 3 nitrogen and oxygen atoms in total. The van der Waals surface area contributed by atoms with Crippen LogP contribution in [0.4, 0.5) is 0 Å². The second-order valence-electron chi connectivity index (χ2n) is 6.53. The van der Waals surface area contributed by atoms with Gasteiger partial charge in [-0.2, -0.15) is 0 Å². The van der Waals surface area contributed by atoms with E-state index in [1.54, 1.807) is 0 Å². The van der Waals surface area contributed by atoms with E-state index < -0.39 is 0 Å². The minimum Gasteiger partial charge on any atom is -0.375 e. The predicted molar refractivity (Wildman–Crippen MR) is 73.8 cm³/mol. The third-order valence-electron chi connectivity index (χ3n) is 5.05. The molecule has 0 aromatic heterocycles. The highest BCUT2D eigenvalue weighted by molar-refractivity contribution is 4.96. The van der Waals surface area contributed by atoms with E-state index in [2.05, 4.69) is 24.1 Å². The van der Waals surface area contributed by atoms with E-state index in [0.29, 0.717) is 12.2 Å². The highest BCUT2D eigenvalue weighted by Crippen LogP contribution is 2.32. The molecule has 0 saturated carbocycles. The van der Waals surface area contributed by atoms with Gasteiger partial charge in [-0.1, -0.05) is 0 Å². The summed E-state index contributed by atoms with van der Waals surface area (Å²) >= 11 is 0. The van der Waals surface area contributed by atoms with Gasteiger partial charge < -0.3 is 10.1 Å².